The summed E-state index contributed by atoms with van der Waals surface area (Å²) in [6.07, 6.45) is 0. The number of hydrogen-bond donors (Lipinski definition) is 1. The minimum atomic E-state index is -0.0960. The van der Waals surface area contributed by atoms with E-state index in [2.05, 4.69) is 36.5 Å². The standard InChI is InChI=1S/C19H22ClNOS2/c1-14-7-9-17(10-8-14)24-15(2)19(22)21-11-12-23-13-16-5-3-4-6-18(16)20/h3-10,15H,11-13H2,1-2H3,(H,21,22)/t15-/m1/s1. The molecule has 5 heteroatoms. The molecule has 0 heterocycles. The summed E-state index contributed by atoms with van der Waals surface area (Å²) in [4.78, 5) is 13.3. The number of carbonyl (C=O) groups is 1. The summed E-state index contributed by atoms with van der Waals surface area (Å²) in [5.74, 6) is 1.82. The van der Waals surface area contributed by atoms with Crippen LogP contribution in [-0.4, -0.2) is 23.5 Å². The fraction of sp³-hybridized carbons (Fsp3) is 0.316. The number of halogens is 1. The molecule has 2 aromatic rings. The van der Waals surface area contributed by atoms with Gasteiger partial charge in [-0.1, -0.05) is 47.5 Å². The molecule has 2 nitrogen and oxygen atoms in total. The lowest BCUT2D eigenvalue weighted by atomic mass is 10.2. The van der Waals surface area contributed by atoms with Gasteiger partial charge in [-0.15, -0.1) is 11.8 Å². The number of aryl methyl sites for hydroxylation is 1. The van der Waals surface area contributed by atoms with E-state index in [0.29, 0.717) is 6.54 Å². The average Bonchev–Trinajstić information content (AvgIpc) is 2.58. The molecule has 0 fully saturated rings. The van der Waals surface area contributed by atoms with Gasteiger partial charge in [0.05, 0.1) is 5.25 Å². The first kappa shape index (κ1) is 19.2. The van der Waals surface area contributed by atoms with Gasteiger partial charge in [0.1, 0.15) is 0 Å². The van der Waals surface area contributed by atoms with E-state index in [1.54, 1.807) is 23.5 Å². The van der Waals surface area contributed by atoms with Gasteiger partial charge in [0, 0.05) is 28.0 Å². The zero-order valence-corrected chi connectivity index (χ0v) is 16.3. The Morgan fingerprint density at radius 1 is 1.17 bits per heavy atom. The second kappa shape index (κ2) is 10.0. The van der Waals surface area contributed by atoms with Crippen LogP contribution in [0.3, 0.4) is 0 Å². The Morgan fingerprint density at radius 3 is 2.58 bits per heavy atom. The maximum Gasteiger partial charge on any atom is 0.233 e. The highest BCUT2D eigenvalue weighted by molar-refractivity contribution is 8.00. The Hall–Kier alpha value is -1.10. The predicted molar refractivity (Wildman–Crippen MR) is 107 cm³/mol. The summed E-state index contributed by atoms with van der Waals surface area (Å²) in [5.41, 5.74) is 2.37. The summed E-state index contributed by atoms with van der Waals surface area (Å²) >= 11 is 9.49. The topological polar surface area (TPSA) is 29.1 Å². The van der Waals surface area contributed by atoms with Crippen LogP contribution in [0, 0.1) is 6.92 Å². The van der Waals surface area contributed by atoms with Crippen LogP contribution < -0.4 is 5.32 Å². The number of nitrogens with one attached hydrogen (secondary N) is 1. The molecular formula is C19H22ClNOS2. The molecule has 0 saturated carbocycles. The Morgan fingerprint density at radius 2 is 1.88 bits per heavy atom. The van der Waals surface area contributed by atoms with Crippen molar-refractivity contribution in [2.75, 3.05) is 12.3 Å². The molecule has 2 rings (SSSR count). The Balaban J connectivity index is 1.65. The van der Waals surface area contributed by atoms with E-state index < -0.39 is 0 Å². The molecule has 0 aliphatic rings. The number of thioether (sulfide) groups is 2. The van der Waals surface area contributed by atoms with Gasteiger partial charge in [-0.2, -0.15) is 11.8 Å². The van der Waals surface area contributed by atoms with Gasteiger partial charge >= 0.3 is 0 Å². The fourth-order valence-electron chi connectivity index (χ4n) is 2.06. The molecule has 128 valence electrons. The van der Waals surface area contributed by atoms with Crippen molar-refractivity contribution in [3.8, 4) is 0 Å². The number of carbonyl (C=O) groups excluding carboxylic acids is 1. The largest absolute Gasteiger partial charge is 0.354 e. The average molecular weight is 380 g/mol. The minimum Gasteiger partial charge on any atom is -0.354 e. The number of rotatable bonds is 8. The molecule has 0 radical (unpaired) electrons. The number of hydrogen-bond acceptors (Lipinski definition) is 3. The molecule has 0 bridgehead atoms. The van der Waals surface area contributed by atoms with Gasteiger partial charge in [-0.05, 0) is 37.6 Å². The summed E-state index contributed by atoms with van der Waals surface area (Å²) < 4.78 is 0. The van der Waals surface area contributed by atoms with E-state index in [1.807, 2.05) is 31.2 Å². The molecule has 1 amide bonds. The molecule has 1 atom stereocenters. The predicted octanol–water partition coefficient (Wildman–Crippen LogP) is 5.18. The van der Waals surface area contributed by atoms with Gasteiger partial charge < -0.3 is 5.32 Å². The highest BCUT2D eigenvalue weighted by Crippen LogP contribution is 2.23. The second-order valence-electron chi connectivity index (χ2n) is 5.51. The Labute approximate surface area is 157 Å². The zero-order chi connectivity index (χ0) is 17.4. The Kier molecular flexibility index (Phi) is 8.03. The maximum absolute atomic E-state index is 12.1. The molecule has 0 aliphatic heterocycles. The SMILES string of the molecule is Cc1ccc(S[C@H](C)C(=O)NCCSCc2ccccc2Cl)cc1. The van der Waals surface area contributed by atoms with E-state index in [0.717, 1.165) is 27.0 Å². The highest BCUT2D eigenvalue weighted by atomic mass is 35.5. The van der Waals surface area contributed by atoms with Gasteiger partial charge in [-0.25, -0.2) is 0 Å². The third-order valence-corrected chi connectivity index (χ3v) is 5.95. The van der Waals surface area contributed by atoms with Gasteiger partial charge in [0.25, 0.3) is 0 Å². The van der Waals surface area contributed by atoms with Crippen LogP contribution in [0.2, 0.25) is 5.02 Å². The lowest BCUT2D eigenvalue weighted by molar-refractivity contribution is -0.120. The molecule has 1 N–H and O–H groups in total. The summed E-state index contributed by atoms with van der Waals surface area (Å²) in [5, 5.41) is 3.71. The van der Waals surface area contributed by atoms with Crippen molar-refractivity contribution in [3.63, 3.8) is 0 Å². The lowest BCUT2D eigenvalue weighted by Crippen LogP contribution is -2.32. The summed E-state index contributed by atoms with van der Waals surface area (Å²) in [6, 6.07) is 16.1. The smallest absolute Gasteiger partial charge is 0.233 e. The molecule has 0 unspecified atom stereocenters. The molecule has 0 aliphatic carbocycles. The van der Waals surface area contributed by atoms with Gasteiger partial charge in [0.2, 0.25) is 5.91 Å². The quantitative estimate of drug-likeness (QED) is 0.506. The number of benzene rings is 2. The van der Waals surface area contributed by atoms with Crippen LogP contribution in [0.15, 0.2) is 53.4 Å². The van der Waals surface area contributed by atoms with Crippen LogP contribution in [-0.2, 0) is 10.5 Å². The normalized spacial score (nSPS) is 12.0. The van der Waals surface area contributed by atoms with Crippen LogP contribution in [0.1, 0.15) is 18.1 Å². The monoisotopic (exact) mass is 379 g/mol. The van der Waals surface area contributed by atoms with Crippen molar-refractivity contribution in [1.82, 2.24) is 5.32 Å². The van der Waals surface area contributed by atoms with Crippen LogP contribution in [0.4, 0.5) is 0 Å². The maximum atomic E-state index is 12.1. The lowest BCUT2D eigenvalue weighted by Gasteiger charge is -2.12. The Bertz CT molecular complexity index is 661. The van der Waals surface area contributed by atoms with Crippen LogP contribution in [0.25, 0.3) is 0 Å². The van der Waals surface area contributed by atoms with E-state index in [1.165, 1.54) is 5.56 Å². The fourth-order valence-corrected chi connectivity index (χ4v) is 4.10. The van der Waals surface area contributed by atoms with E-state index in [4.69, 9.17) is 11.6 Å². The zero-order valence-electron chi connectivity index (χ0n) is 13.9. The molecule has 24 heavy (non-hydrogen) atoms. The van der Waals surface area contributed by atoms with Crippen molar-refractivity contribution in [3.05, 3.63) is 64.7 Å². The van der Waals surface area contributed by atoms with E-state index in [9.17, 15) is 4.79 Å². The first-order valence-corrected chi connectivity index (χ1v) is 10.3. The molecule has 0 saturated heterocycles. The van der Waals surface area contributed by atoms with Crippen molar-refractivity contribution in [2.24, 2.45) is 0 Å². The van der Waals surface area contributed by atoms with E-state index >= 15 is 0 Å². The van der Waals surface area contributed by atoms with Gasteiger partial charge in [0.15, 0.2) is 0 Å². The third kappa shape index (κ3) is 6.42. The summed E-state index contributed by atoms with van der Waals surface area (Å²) in [6.45, 7) is 4.67. The molecular weight excluding hydrogens is 358 g/mol. The van der Waals surface area contributed by atoms with Crippen molar-refractivity contribution >= 4 is 41.0 Å². The minimum absolute atomic E-state index is 0.0823. The van der Waals surface area contributed by atoms with E-state index in [-0.39, 0.29) is 11.2 Å². The first-order valence-electron chi connectivity index (χ1n) is 7.88. The molecule has 2 aromatic carbocycles. The highest BCUT2D eigenvalue weighted by Gasteiger charge is 2.13. The second-order valence-corrected chi connectivity index (χ2v) is 8.43. The van der Waals surface area contributed by atoms with Gasteiger partial charge in [-0.3, -0.25) is 4.79 Å². The van der Waals surface area contributed by atoms with Crippen molar-refractivity contribution in [1.29, 1.82) is 0 Å². The molecule has 0 spiro atoms. The van der Waals surface area contributed by atoms with Crippen molar-refractivity contribution in [2.45, 2.75) is 29.7 Å². The van der Waals surface area contributed by atoms with Crippen molar-refractivity contribution < 1.29 is 4.79 Å². The van der Waals surface area contributed by atoms with Crippen LogP contribution >= 0.6 is 35.1 Å². The summed E-state index contributed by atoms with van der Waals surface area (Å²) in [7, 11) is 0. The van der Waals surface area contributed by atoms with Crippen LogP contribution in [0.5, 0.6) is 0 Å². The number of amides is 1. The third-order valence-electron chi connectivity index (χ3n) is 3.46. The molecule has 0 aromatic heterocycles. The first-order chi connectivity index (χ1) is 11.6.